The highest BCUT2D eigenvalue weighted by molar-refractivity contribution is 6.30. The van der Waals surface area contributed by atoms with E-state index < -0.39 is 23.0 Å². The number of nitrogens with zero attached hydrogens (tertiary/aromatic N) is 1. The van der Waals surface area contributed by atoms with Crippen LogP contribution in [0.3, 0.4) is 0 Å². The summed E-state index contributed by atoms with van der Waals surface area (Å²) >= 11 is 5.85. The third kappa shape index (κ3) is 2.96. The Morgan fingerprint density at radius 3 is 2.50 bits per heavy atom. The van der Waals surface area contributed by atoms with Gasteiger partial charge in [-0.2, -0.15) is 0 Å². The van der Waals surface area contributed by atoms with Gasteiger partial charge in [0.1, 0.15) is 11.3 Å². The van der Waals surface area contributed by atoms with E-state index >= 15 is 0 Å². The Morgan fingerprint density at radius 2 is 1.83 bits per heavy atom. The predicted molar refractivity (Wildman–Crippen MR) is 89.3 cm³/mol. The number of fused-ring (bicyclic) bond motifs is 1. The lowest BCUT2D eigenvalue weighted by molar-refractivity contribution is -0.481. The molecule has 2 aromatic carbocycles. The molecule has 0 saturated carbocycles. The summed E-state index contributed by atoms with van der Waals surface area (Å²) < 4.78 is 5.22. The van der Waals surface area contributed by atoms with Crippen LogP contribution in [0.1, 0.15) is 17.0 Å². The van der Waals surface area contributed by atoms with Crippen LogP contribution in [0.5, 0.6) is 5.75 Å². The first kappa shape index (κ1) is 16.0. The summed E-state index contributed by atoms with van der Waals surface area (Å²) in [6.07, 6.45) is 0. The van der Waals surface area contributed by atoms with Gasteiger partial charge in [0.15, 0.2) is 0 Å². The van der Waals surface area contributed by atoms with Crippen molar-refractivity contribution in [2.24, 2.45) is 0 Å². The van der Waals surface area contributed by atoms with E-state index in [0.717, 1.165) is 0 Å². The predicted octanol–water partition coefficient (Wildman–Crippen LogP) is 3.56. The zero-order chi connectivity index (χ0) is 17.3. The molecule has 1 atom stereocenters. The fourth-order valence-electron chi connectivity index (χ4n) is 2.66. The largest absolute Gasteiger partial charge is 0.507 e. The highest BCUT2D eigenvalue weighted by Gasteiger charge is 2.28. The minimum atomic E-state index is -0.946. The molecule has 24 heavy (non-hydrogen) atoms. The highest BCUT2D eigenvalue weighted by atomic mass is 35.5. The molecule has 0 aliphatic carbocycles. The topological polar surface area (TPSA) is 93.6 Å². The van der Waals surface area contributed by atoms with Gasteiger partial charge in [0.2, 0.25) is 6.54 Å². The summed E-state index contributed by atoms with van der Waals surface area (Å²) in [5.41, 5.74) is -0.214. The number of hydrogen-bond acceptors (Lipinski definition) is 5. The van der Waals surface area contributed by atoms with Gasteiger partial charge < -0.3 is 9.52 Å². The molecule has 0 spiro atoms. The van der Waals surface area contributed by atoms with Crippen molar-refractivity contribution >= 4 is 22.6 Å². The van der Waals surface area contributed by atoms with Crippen molar-refractivity contribution < 1.29 is 14.4 Å². The van der Waals surface area contributed by atoms with Crippen LogP contribution < -0.4 is 5.63 Å². The maximum absolute atomic E-state index is 12.3. The van der Waals surface area contributed by atoms with Gasteiger partial charge in [-0.1, -0.05) is 35.9 Å². The molecule has 3 aromatic rings. The van der Waals surface area contributed by atoms with E-state index in [1.54, 1.807) is 48.5 Å². The normalized spacial score (nSPS) is 12.2. The quantitative estimate of drug-likeness (QED) is 0.443. The van der Waals surface area contributed by atoms with E-state index in [1.165, 1.54) is 0 Å². The van der Waals surface area contributed by atoms with Gasteiger partial charge in [0.25, 0.3) is 0 Å². The average Bonchev–Trinajstić information content (AvgIpc) is 2.54. The van der Waals surface area contributed by atoms with E-state index in [2.05, 4.69) is 0 Å². The summed E-state index contributed by atoms with van der Waals surface area (Å²) in [4.78, 5) is 22.9. The molecule has 0 aliphatic rings. The highest BCUT2D eigenvalue weighted by Crippen LogP contribution is 2.34. The van der Waals surface area contributed by atoms with Crippen LogP contribution >= 0.6 is 11.6 Å². The van der Waals surface area contributed by atoms with Gasteiger partial charge in [-0.25, -0.2) is 4.79 Å². The maximum Gasteiger partial charge on any atom is 0.344 e. The molecule has 122 valence electrons. The second kappa shape index (κ2) is 6.33. The molecule has 1 heterocycles. The van der Waals surface area contributed by atoms with Crippen LogP contribution in [0.15, 0.2) is 57.7 Å². The molecule has 6 nitrogen and oxygen atoms in total. The van der Waals surface area contributed by atoms with Crippen LogP contribution in [-0.2, 0) is 0 Å². The minimum Gasteiger partial charge on any atom is -0.507 e. The summed E-state index contributed by atoms with van der Waals surface area (Å²) in [6.45, 7) is -0.557. The lowest BCUT2D eigenvalue weighted by Gasteiger charge is -2.15. The van der Waals surface area contributed by atoms with Crippen molar-refractivity contribution in [3.63, 3.8) is 0 Å². The smallest absolute Gasteiger partial charge is 0.344 e. The van der Waals surface area contributed by atoms with E-state index in [-0.39, 0.29) is 16.9 Å². The van der Waals surface area contributed by atoms with Crippen molar-refractivity contribution in [2.75, 3.05) is 6.54 Å². The van der Waals surface area contributed by atoms with Crippen LogP contribution in [-0.4, -0.2) is 16.6 Å². The second-order valence-electron chi connectivity index (χ2n) is 5.27. The monoisotopic (exact) mass is 345 g/mol. The molecule has 1 N–H and O–H groups in total. The zero-order valence-corrected chi connectivity index (χ0v) is 13.1. The van der Waals surface area contributed by atoms with E-state index in [0.29, 0.717) is 16.0 Å². The summed E-state index contributed by atoms with van der Waals surface area (Å²) in [5, 5.41) is 22.4. The summed E-state index contributed by atoms with van der Waals surface area (Å²) in [6, 6.07) is 12.8. The third-order valence-corrected chi connectivity index (χ3v) is 4.02. The number of halogens is 1. The lowest BCUT2D eigenvalue weighted by Crippen LogP contribution is -2.21. The first-order valence-electron chi connectivity index (χ1n) is 7.09. The number of nitro groups is 1. The van der Waals surface area contributed by atoms with Gasteiger partial charge in [-0.3, -0.25) is 10.1 Å². The average molecular weight is 346 g/mol. The van der Waals surface area contributed by atoms with E-state index in [9.17, 15) is 20.0 Å². The molecule has 0 radical (unpaired) electrons. The van der Waals surface area contributed by atoms with Crippen LogP contribution in [0.4, 0.5) is 0 Å². The Hall–Kier alpha value is -2.86. The summed E-state index contributed by atoms with van der Waals surface area (Å²) in [5.74, 6) is -1.25. The maximum atomic E-state index is 12.3. The van der Waals surface area contributed by atoms with Gasteiger partial charge in [-0.15, -0.1) is 0 Å². The van der Waals surface area contributed by atoms with Crippen LogP contribution in [0, 0.1) is 10.1 Å². The molecule has 0 bridgehead atoms. The Labute approximate surface area is 141 Å². The molecule has 1 unspecified atom stereocenters. The van der Waals surface area contributed by atoms with Gasteiger partial charge in [0, 0.05) is 9.95 Å². The molecule has 0 amide bonds. The fraction of sp³-hybridized carbons (Fsp3) is 0.118. The third-order valence-electron chi connectivity index (χ3n) is 3.77. The number of para-hydroxylation sites is 1. The van der Waals surface area contributed by atoms with Crippen molar-refractivity contribution in [2.45, 2.75) is 5.92 Å². The van der Waals surface area contributed by atoms with Crippen molar-refractivity contribution in [3.05, 3.63) is 85.2 Å². The molecule has 3 rings (SSSR count). The molecule has 7 heteroatoms. The van der Waals surface area contributed by atoms with E-state index in [1.807, 2.05) is 0 Å². The van der Waals surface area contributed by atoms with Gasteiger partial charge >= 0.3 is 5.63 Å². The Kier molecular flexibility index (Phi) is 4.22. The fourth-order valence-corrected chi connectivity index (χ4v) is 2.79. The van der Waals surface area contributed by atoms with Crippen LogP contribution in [0.2, 0.25) is 5.02 Å². The van der Waals surface area contributed by atoms with Crippen LogP contribution in [0.25, 0.3) is 11.0 Å². The lowest BCUT2D eigenvalue weighted by atomic mass is 9.91. The Bertz CT molecular complexity index is 965. The van der Waals surface area contributed by atoms with E-state index in [4.69, 9.17) is 16.0 Å². The molecular formula is C17H12ClNO5. The van der Waals surface area contributed by atoms with Crippen molar-refractivity contribution in [1.82, 2.24) is 0 Å². The number of benzene rings is 2. The minimum absolute atomic E-state index is 0.132. The first-order valence-corrected chi connectivity index (χ1v) is 7.47. The molecule has 0 fully saturated rings. The van der Waals surface area contributed by atoms with Gasteiger partial charge in [-0.05, 0) is 29.8 Å². The zero-order valence-electron chi connectivity index (χ0n) is 12.3. The number of rotatable bonds is 4. The Balaban J connectivity index is 2.24. The molecule has 0 aliphatic heterocycles. The Morgan fingerprint density at radius 1 is 1.17 bits per heavy atom. The molecule has 1 aromatic heterocycles. The number of aromatic hydroxyl groups is 1. The van der Waals surface area contributed by atoms with Crippen molar-refractivity contribution in [1.29, 1.82) is 0 Å². The van der Waals surface area contributed by atoms with Gasteiger partial charge in [0.05, 0.1) is 16.9 Å². The standard InChI is InChI=1S/C17H12ClNO5/c18-11-7-5-10(6-8-11)13(9-19(22)23)15-16(20)12-3-1-2-4-14(12)24-17(15)21/h1-8,13,20H,9H2. The SMILES string of the molecule is O=c1oc2ccccc2c(O)c1C(C[N+](=O)[O-])c1ccc(Cl)cc1. The molecular weight excluding hydrogens is 334 g/mol. The first-order chi connectivity index (χ1) is 11.5. The summed E-state index contributed by atoms with van der Waals surface area (Å²) in [7, 11) is 0. The molecule has 0 saturated heterocycles. The number of hydrogen-bond donors (Lipinski definition) is 1. The van der Waals surface area contributed by atoms with Crippen molar-refractivity contribution in [3.8, 4) is 5.75 Å². The second-order valence-corrected chi connectivity index (χ2v) is 5.70.